The lowest BCUT2D eigenvalue weighted by molar-refractivity contribution is -0.136. The zero-order chi connectivity index (χ0) is 12.0. The van der Waals surface area contributed by atoms with Crippen LogP contribution in [0.25, 0.3) is 0 Å². The summed E-state index contributed by atoms with van der Waals surface area (Å²) in [4.78, 5) is 23.2. The SMILES string of the molecule is CN(Cc1ccsc1)C(=O)NCCC(=O)O. The van der Waals surface area contributed by atoms with Gasteiger partial charge in [-0.2, -0.15) is 11.3 Å². The lowest BCUT2D eigenvalue weighted by Crippen LogP contribution is -2.37. The Balaban J connectivity index is 2.28. The van der Waals surface area contributed by atoms with E-state index in [0.717, 1.165) is 5.56 Å². The molecule has 0 atom stereocenters. The van der Waals surface area contributed by atoms with Crippen molar-refractivity contribution in [2.45, 2.75) is 13.0 Å². The molecule has 0 aliphatic heterocycles. The Hall–Kier alpha value is -1.56. The quantitative estimate of drug-likeness (QED) is 0.819. The van der Waals surface area contributed by atoms with E-state index in [-0.39, 0.29) is 19.0 Å². The fourth-order valence-corrected chi connectivity index (χ4v) is 1.80. The molecule has 0 bridgehead atoms. The molecule has 1 heterocycles. The second-order valence-electron chi connectivity index (χ2n) is 3.36. The monoisotopic (exact) mass is 242 g/mol. The molecule has 0 aromatic carbocycles. The summed E-state index contributed by atoms with van der Waals surface area (Å²) in [5.41, 5.74) is 1.07. The number of aliphatic carboxylic acids is 1. The summed E-state index contributed by atoms with van der Waals surface area (Å²) < 4.78 is 0. The molecule has 0 saturated heterocycles. The number of thiophene rings is 1. The predicted octanol–water partition coefficient (Wildman–Crippen LogP) is 1.36. The standard InChI is InChI=1S/C10H14N2O3S/c1-12(6-8-3-5-16-7-8)10(15)11-4-2-9(13)14/h3,5,7H,2,4,6H2,1H3,(H,11,15)(H,13,14). The van der Waals surface area contributed by atoms with Crippen LogP contribution in [0.3, 0.4) is 0 Å². The second-order valence-corrected chi connectivity index (χ2v) is 4.14. The number of carbonyl (C=O) groups excluding carboxylic acids is 1. The second kappa shape index (κ2) is 6.12. The first-order valence-corrected chi connectivity index (χ1v) is 5.75. The van der Waals surface area contributed by atoms with Gasteiger partial charge in [0.15, 0.2) is 0 Å². The van der Waals surface area contributed by atoms with Crippen molar-refractivity contribution in [3.8, 4) is 0 Å². The lowest BCUT2D eigenvalue weighted by Gasteiger charge is -2.16. The number of carboxylic acid groups (broad SMARTS) is 1. The summed E-state index contributed by atoms with van der Waals surface area (Å²) in [6.45, 7) is 0.685. The fourth-order valence-electron chi connectivity index (χ4n) is 1.14. The Labute approximate surface area is 97.7 Å². The summed E-state index contributed by atoms with van der Waals surface area (Å²) in [7, 11) is 1.67. The Kier molecular flexibility index (Phi) is 4.78. The highest BCUT2D eigenvalue weighted by Crippen LogP contribution is 2.08. The largest absolute Gasteiger partial charge is 0.481 e. The molecule has 1 rings (SSSR count). The van der Waals surface area contributed by atoms with Crippen molar-refractivity contribution in [3.63, 3.8) is 0 Å². The summed E-state index contributed by atoms with van der Waals surface area (Å²) in [6.07, 6.45) is -0.0575. The van der Waals surface area contributed by atoms with Crippen LogP contribution < -0.4 is 5.32 Å². The first-order valence-electron chi connectivity index (χ1n) is 4.81. The summed E-state index contributed by atoms with van der Waals surface area (Å²) >= 11 is 1.58. The first kappa shape index (κ1) is 12.5. The fraction of sp³-hybridized carbons (Fsp3) is 0.400. The number of hydrogen-bond donors (Lipinski definition) is 2. The number of amides is 2. The number of nitrogens with one attached hydrogen (secondary N) is 1. The van der Waals surface area contributed by atoms with Gasteiger partial charge in [-0.3, -0.25) is 4.79 Å². The Bertz CT molecular complexity index is 351. The molecule has 0 unspecified atom stereocenters. The van der Waals surface area contributed by atoms with Gasteiger partial charge in [-0.05, 0) is 22.4 Å². The summed E-state index contributed by atoms with van der Waals surface area (Å²) in [5, 5.41) is 14.9. The molecule has 1 aromatic heterocycles. The van der Waals surface area contributed by atoms with Crippen LogP contribution in [0.15, 0.2) is 16.8 Å². The topological polar surface area (TPSA) is 69.6 Å². The number of carboxylic acids is 1. The van der Waals surface area contributed by atoms with Gasteiger partial charge in [0.05, 0.1) is 6.42 Å². The van der Waals surface area contributed by atoms with E-state index in [9.17, 15) is 9.59 Å². The van der Waals surface area contributed by atoms with Gasteiger partial charge in [-0.1, -0.05) is 0 Å². The zero-order valence-corrected chi connectivity index (χ0v) is 9.79. The number of urea groups is 1. The van der Waals surface area contributed by atoms with E-state index >= 15 is 0 Å². The third-order valence-electron chi connectivity index (χ3n) is 1.96. The van der Waals surface area contributed by atoms with Gasteiger partial charge in [0.2, 0.25) is 0 Å². The molecular formula is C10H14N2O3S. The highest BCUT2D eigenvalue weighted by atomic mass is 32.1. The third kappa shape index (κ3) is 4.31. The van der Waals surface area contributed by atoms with Crippen LogP contribution >= 0.6 is 11.3 Å². The molecule has 5 nitrogen and oxygen atoms in total. The third-order valence-corrected chi connectivity index (χ3v) is 2.69. The minimum atomic E-state index is -0.916. The maximum Gasteiger partial charge on any atom is 0.317 e. The van der Waals surface area contributed by atoms with E-state index in [0.29, 0.717) is 6.54 Å². The van der Waals surface area contributed by atoms with Crippen LogP contribution in [0.4, 0.5) is 4.79 Å². The highest BCUT2D eigenvalue weighted by molar-refractivity contribution is 7.07. The molecule has 2 N–H and O–H groups in total. The molecule has 0 fully saturated rings. The maximum absolute atomic E-state index is 11.5. The van der Waals surface area contributed by atoms with Gasteiger partial charge in [-0.25, -0.2) is 4.79 Å². The van der Waals surface area contributed by atoms with Crippen LogP contribution in [0, 0.1) is 0 Å². The molecule has 6 heteroatoms. The van der Waals surface area contributed by atoms with Crippen molar-refractivity contribution in [2.24, 2.45) is 0 Å². The van der Waals surface area contributed by atoms with E-state index in [4.69, 9.17) is 5.11 Å². The van der Waals surface area contributed by atoms with Crippen molar-refractivity contribution in [2.75, 3.05) is 13.6 Å². The van der Waals surface area contributed by atoms with Gasteiger partial charge in [0.25, 0.3) is 0 Å². The summed E-state index contributed by atoms with van der Waals surface area (Å²) in [5.74, 6) is -0.916. The van der Waals surface area contributed by atoms with Gasteiger partial charge < -0.3 is 15.3 Å². The van der Waals surface area contributed by atoms with Crippen molar-refractivity contribution >= 4 is 23.3 Å². The lowest BCUT2D eigenvalue weighted by atomic mass is 10.3. The van der Waals surface area contributed by atoms with Gasteiger partial charge >= 0.3 is 12.0 Å². The molecule has 1 aromatic rings. The Morgan fingerprint density at radius 1 is 1.56 bits per heavy atom. The number of carbonyl (C=O) groups is 2. The van der Waals surface area contributed by atoms with Crippen LogP contribution in [-0.4, -0.2) is 35.6 Å². The summed E-state index contributed by atoms with van der Waals surface area (Å²) in [6, 6.07) is 1.69. The van der Waals surface area contributed by atoms with Crippen LogP contribution in [0.1, 0.15) is 12.0 Å². The average Bonchev–Trinajstić information content (AvgIpc) is 2.69. The normalized spacial score (nSPS) is 9.81. The van der Waals surface area contributed by atoms with Crippen LogP contribution in [0.5, 0.6) is 0 Å². The maximum atomic E-state index is 11.5. The van der Waals surface area contributed by atoms with Crippen LogP contribution in [0.2, 0.25) is 0 Å². The minimum Gasteiger partial charge on any atom is -0.481 e. The molecule has 0 aliphatic rings. The van der Waals surface area contributed by atoms with E-state index < -0.39 is 5.97 Å². The van der Waals surface area contributed by atoms with E-state index in [1.807, 2.05) is 16.8 Å². The van der Waals surface area contributed by atoms with E-state index in [2.05, 4.69) is 5.32 Å². The van der Waals surface area contributed by atoms with Crippen molar-refractivity contribution < 1.29 is 14.7 Å². The Morgan fingerprint density at radius 2 is 2.31 bits per heavy atom. The molecule has 88 valence electrons. The highest BCUT2D eigenvalue weighted by Gasteiger charge is 2.08. The van der Waals surface area contributed by atoms with Crippen molar-refractivity contribution in [1.29, 1.82) is 0 Å². The van der Waals surface area contributed by atoms with E-state index in [1.165, 1.54) is 4.90 Å². The molecular weight excluding hydrogens is 228 g/mol. The van der Waals surface area contributed by atoms with Gasteiger partial charge in [-0.15, -0.1) is 0 Å². The average molecular weight is 242 g/mol. The molecule has 0 saturated carbocycles. The molecule has 0 spiro atoms. The minimum absolute atomic E-state index is 0.0575. The smallest absolute Gasteiger partial charge is 0.317 e. The molecule has 0 radical (unpaired) electrons. The first-order chi connectivity index (χ1) is 7.59. The van der Waals surface area contributed by atoms with Crippen LogP contribution in [-0.2, 0) is 11.3 Å². The van der Waals surface area contributed by atoms with E-state index in [1.54, 1.807) is 18.4 Å². The number of hydrogen-bond acceptors (Lipinski definition) is 3. The molecule has 0 aliphatic carbocycles. The van der Waals surface area contributed by atoms with Crippen molar-refractivity contribution in [1.82, 2.24) is 10.2 Å². The van der Waals surface area contributed by atoms with Crippen molar-refractivity contribution in [3.05, 3.63) is 22.4 Å². The molecule has 16 heavy (non-hydrogen) atoms. The zero-order valence-electron chi connectivity index (χ0n) is 8.97. The van der Waals surface area contributed by atoms with Gasteiger partial charge in [0, 0.05) is 20.1 Å². The number of rotatable bonds is 5. The predicted molar refractivity (Wildman–Crippen MR) is 61.4 cm³/mol. The number of nitrogens with zero attached hydrogens (tertiary/aromatic N) is 1. The Morgan fingerprint density at radius 3 is 2.88 bits per heavy atom. The molecule has 2 amide bonds. The van der Waals surface area contributed by atoms with Gasteiger partial charge in [0.1, 0.15) is 0 Å².